The number of aromatic nitrogens is 1. The molecule has 0 aliphatic rings. The summed E-state index contributed by atoms with van der Waals surface area (Å²) in [6.45, 7) is 1.77. The van der Waals surface area contributed by atoms with E-state index in [0.717, 1.165) is 11.3 Å². The zero-order chi connectivity index (χ0) is 16.8. The lowest BCUT2D eigenvalue weighted by Gasteiger charge is -2.06. The van der Waals surface area contributed by atoms with Crippen molar-refractivity contribution in [3.05, 3.63) is 65.6 Å². The van der Waals surface area contributed by atoms with Crippen LogP contribution in [0.2, 0.25) is 0 Å². The Morgan fingerprint density at radius 3 is 2.71 bits per heavy atom. The van der Waals surface area contributed by atoms with Crippen LogP contribution in [-0.4, -0.2) is 0 Å². The molecule has 116 valence electrons. The van der Waals surface area contributed by atoms with E-state index < -0.39 is 0 Å². The van der Waals surface area contributed by atoms with Crippen molar-refractivity contribution in [2.45, 2.75) is 6.92 Å². The SMILES string of the molecule is Cc1c(-c2cccc[n+]2C)cc2oc3ccc(C#N)cc3c2c1F. The minimum absolute atomic E-state index is 0.305. The van der Waals surface area contributed by atoms with Crippen LogP contribution < -0.4 is 4.57 Å². The molecule has 2 aromatic heterocycles. The summed E-state index contributed by atoms with van der Waals surface area (Å²) in [6.07, 6.45) is 1.93. The standard InChI is InChI=1S/C20H14FN2O/c1-12-14(16-5-3-4-8-23(16)2)10-18-19(20(12)21)15-9-13(11-22)6-7-17(15)24-18/h3-10H,1-2H3/q+1. The molecular formula is C20H14FN2O+. The van der Waals surface area contributed by atoms with Gasteiger partial charge in [0.2, 0.25) is 5.69 Å². The molecule has 3 nitrogen and oxygen atoms in total. The highest BCUT2D eigenvalue weighted by Crippen LogP contribution is 2.36. The number of furan rings is 1. The molecule has 0 atom stereocenters. The van der Waals surface area contributed by atoms with Crippen LogP contribution in [0.1, 0.15) is 11.1 Å². The average molecular weight is 317 g/mol. The van der Waals surface area contributed by atoms with E-state index in [4.69, 9.17) is 9.68 Å². The second kappa shape index (κ2) is 5.17. The van der Waals surface area contributed by atoms with Crippen molar-refractivity contribution < 1.29 is 13.4 Å². The van der Waals surface area contributed by atoms with Gasteiger partial charge in [-0.3, -0.25) is 0 Å². The lowest BCUT2D eigenvalue weighted by molar-refractivity contribution is -0.660. The number of benzene rings is 2. The summed E-state index contributed by atoms with van der Waals surface area (Å²) in [5.41, 5.74) is 3.82. The van der Waals surface area contributed by atoms with Crippen LogP contribution in [0.5, 0.6) is 0 Å². The minimum Gasteiger partial charge on any atom is -0.456 e. The van der Waals surface area contributed by atoms with Crippen molar-refractivity contribution in [3.63, 3.8) is 0 Å². The molecule has 0 saturated carbocycles. The highest BCUT2D eigenvalue weighted by Gasteiger charge is 2.21. The summed E-state index contributed by atoms with van der Waals surface area (Å²) in [6, 6.07) is 14.8. The molecule has 4 rings (SSSR count). The maximum atomic E-state index is 15.1. The lowest BCUT2D eigenvalue weighted by Crippen LogP contribution is -2.30. The third-order valence-electron chi connectivity index (χ3n) is 4.40. The van der Waals surface area contributed by atoms with Crippen molar-refractivity contribution in [2.24, 2.45) is 7.05 Å². The molecular weight excluding hydrogens is 303 g/mol. The third kappa shape index (κ3) is 1.99. The number of halogens is 1. The summed E-state index contributed by atoms with van der Waals surface area (Å²) >= 11 is 0. The molecule has 0 unspecified atom stereocenters. The Hall–Kier alpha value is -3.19. The molecule has 4 aromatic rings. The summed E-state index contributed by atoms with van der Waals surface area (Å²) < 4.78 is 22.9. The number of hydrogen-bond donors (Lipinski definition) is 0. The molecule has 0 fully saturated rings. The van der Waals surface area contributed by atoms with E-state index in [2.05, 4.69) is 6.07 Å². The van der Waals surface area contributed by atoms with Gasteiger partial charge in [-0.15, -0.1) is 0 Å². The maximum absolute atomic E-state index is 15.1. The first-order valence-corrected chi connectivity index (χ1v) is 7.60. The number of hydrogen-bond acceptors (Lipinski definition) is 2. The van der Waals surface area contributed by atoms with Crippen molar-refractivity contribution in [1.82, 2.24) is 0 Å². The van der Waals surface area contributed by atoms with Crippen molar-refractivity contribution >= 4 is 21.9 Å². The van der Waals surface area contributed by atoms with E-state index in [0.29, 0.717) is 33.1 Å². The predicted octanol–water partition coefficient (Wildman–Crippen LogP) is 4.40. The third-order valence-corrected chi connectivity index (χ3v) is 4.40. The highest BCUT2D eigenvalue weighted by molar-refractivity contribution is 6.07. The molecule has 4 heteroatoms. The van der Waals surface area contributed by atoms with Gasteiger partial charge in [0.05, 0.1) is 22.6 Å². The van der Waals surface area contributed by atoms with Crippen LogP contribution in [0.25, 0.3) is 33.2 Å². The Labute approximate surface area is 138 Å². The van der Waals surface area contributed by atoms with Gasteiger partial charge >= 0.3 is 0 Å². The monoisotopic (exact) mass is 317 g/mol. The van der Waals surface area contributed by atoms with Crippen molar-refractivity contribution in [3.8, 4) is 17.3 Å². The van der Waals surface area contributed by atoms with E-state index in [-0.39, 0.29) is 5.82 Å². The lowest BCUT2D eigenvalue weighted by atomic mass is 10.00. The second-order valence-electron chi connectivity index (χ2n) is 5.86. The largest absolute Gasteiger partial charge is 0.456 e. The molecule has 2 heterocycles. The second-order valence-corrected chi connectivity index (χ2v) is 5.86. The van der Waals surface area contributed by atoms with Crippen LogP contribution in [0.4, 0.5) is 4.39 Å². The molecule has 24 heavy (non-hydrogen) atoms. The van der Waals surface area contributed by atoms with Gasteiger partial charge in [-0.2, -0.15) is 5.26 Å². The fourth-order valence-electron chi connectivity index (χ4n) is 3.13. The van der Waals surface area contributed by atoms with E-state index in [1.54, 1.807) is 25.1 Å². The first kappa shape index (κ1) is 14.4. The number of fused-ring (bicyclic) bond motifs is 3. The number of nitriles is 1. The van der Waals surface area contributed by atoms with Crippen molar-refractivity contribution in [2.75, 3.05) is 0 Å². The summed E-state index contributed by atoms with van der Waals surface area (Å²) in [5, 5.41) is 10.1. The number of nitrogens with zero attached hydrogens (tertiary/aromatic N) is 2. The van der Waals surface area contributed by atoms with Gasteiger partial charge < -0.3 is 4.42 Å². The Morgan fingerprint density at radius 2 is 1.96 bits per heavy atom. The van der Waals surface area contributed by atoms with E-state index in [9.17, 15) is 0 Å². The first-order valence-electron chi connectivity index (χ1n) is 7.60. The summed E-state index contributed by atoms with van der Waals surface area (Å²) in [4.78, 5) is 0. The maximum Gasteiger partial charge on any atom is 0.212 e. The van der Waals surface area contributed by atoms with Gasteiger partial charge in [0, 0.05) is 17.5 Å². The molecule has 2 aromatic carbocycles. The van der Waals surface area contributed by atoms with Gasteiger partial charge in [-0.1, -0.05) is 0 Å². The first-order chi connectivity index (χ1) is 11.6. The van der Waals surface area contributed by atoms with E-state index >= 15 is 4.39 Å². The van der Waals surface area contributed by atoms with Gasteiger partial charge in [-0.25, -0.2) is 8.96 Å². The highest BCUT2D eigenvalue weighted by atomic mass is 19.1. The predicted molar refractivity (Wildman–Crippen MR) is 89.7 cm³/mol. The fourth-order valence-corrected chi connectivity index (χ4v) is 3.13. The Kier molecular flexibility index (Phi) is 3.10. The summed E-state index contributed by atoms with van der Waals surface area (Å²) in [5.74, 6) is -0.305. The van der Waals surface area contributed by atoms with Crippen LogP contribution in [0.3, 0.4) is 0 Å². The quantitative estimate of drug-likeness (QED) is 0.488. The minimum atomic E-state index is -0.305. The van der Waals surface area contributed by atoms with E-state index in [1.165, 1.54) is 0 Å². The zero-order valence-corrected chi connectivity index (χ0v) is 13.3. The molecule has 0 N–H and O–H groups in total. The molecule has 0 amide bonds. The van der Waals surface area contributed by atoms with Crippen LogP contribution >= 0.6 is 0 Å². The van der Waals surface area contributed by atoms with Gasteiger partial charge in [0.15, 0.2) is 6.20 Å². The molecule has 0 saturated heterocycles. The summed E-state index contributed by atoms with van der Waals surface area (Å²) in [7, 11) is 1.93. The number of rotatable bonds is 1. The Bertz CT molecular complexity index is 1150. The normalized spacial score (nSPS) is 11.1. The Balaban J connectivity index is 2.10. The van der Waals surface area contributed by atoms with Gasteiger partial charge in [0.25, 0.3) is 0 Å². The Morgan fingerprint density at radius 1 is 1.12 bits per heavy atom. The molecule has 0 bridgehead atoms. The van der Waals surface area contributed by atoms with E-state index in [1.807, 2.05) is 42.1 Å². The molecule has 0 radical (unpaired) electrons. The smallest absolute Gasteiger partial charge is 0.212 e. The number of pyridine rings is 1. The zero-order valence-electron chi connectivity index (χ0n) is 13.3. The number of aryl methyl sites for hydroxylation is 1. The molecule has 0 spiro atoms. The van der Waals surface area contributed by atoms with Crippen LogP contribution in [-0.2, 0) is 7.05 Å². The topological polar surface area (TPSA) is 40.8 Å². The van der Waals surface area contributed by atoms with Crippen molar-refractivity contribution in [1.29, 1.82) is 5.26 Å². The molecule has 0 aliphatic heterocycles. The fraction of sp³-hybridized carbons (Fsp3) is 0.100. The average Bonchev–Trinajstić information content (AvgIpc) is 2.96. The van der Waals surface area contributed by atoms with Crippen LogP contribution in [0.15, 0.2) is 53.1 Å². The van der Waals surface area contributed by atoms with Crippen LogP contribution in [0, 0.1) is 24.1 Å². The van der Waals surface area contributed by atoms with Gasteiger partial charge in [0.1, 0.15) is 24.0 Å². The molecule has 0 aliphatic carbocycles. The van der Waals surface area contributed by atoms with Gasteiger partial charge in [-0.05, 0) is 42.8 Å².